The van der Waals surface area contributed by atoms with Crippen LogP contribution in [0.2, 0.25) is 10.0 Å². The van der Waals surface area contributed by atoms with Crippen LogP contribution in [0.15, 0.2) is 41.3 Å². The first-order valence-corrected chi connectivity index (χ1v) is 12.7. The SMILES string of the molecule is CN1Cc2c(Cl)cc(Cl)cc2[C@@H](c2ccc(S(=O)(=O)NCCOCCOCCN)cc2)C1. The lowest BCUT2D eigenvalue weighted by atomic mass is 9.85. The molecule has 0 amide bonds. The number of halogens is 2. The standard InChI is InChI=1S/C22H29Cl2N3O4S/c1-27-14-20(19-12-17(23)13-22(24)21(19)15-27)16-2-4-18(5-3-16)32(28,29)26-7-9-31-11-10-30-8-6-25/h2-5,12-13,20,26H,6-11,14-15,25H2,1H3/t20-/m1/s1. The van der Waals surface area contributed by atoms with Gasteiger partial charge in [0.1, 0.15) is 0 Å². The molecule has 3 N–H and O–H groups in total. The number of nitrogens with zero attached hydrogens (tertiary/aromatic N) is 1. The fraction of sp³-hybridized carbons (Fsp3) is 0.455. The van der Waals surface area contributed by atoms with Gasteiger partial charge in [-0.1, -0.05) is 35.3 Å². The zero-order valence-electron chi connectivity index (χ0n) is 18.0. The van der Waals surface area contributed by atoms with Crippen molar-refractivity contribution >= 4 is 33.2 Å². The lowest BCUT2D eigenvalue weighted by molar-refractivity contribution is 0.0530. The Labute approximate surface area is 199 Å². The Kier molecular flexibility index (Phi) is 9.33. The summed E-state index contributed by atoms with van der Waals surface area (Å²) < 4.78 is 38.3. The quantitative estimate of drug-likeness (QED) is 0.459. The average Bonchev–Trinajstić information content (AvgIpc) is 2.76. The van der Waals surface area contributed by atoms with E-state index in [0.717, 1.165) is 29.8 Å². The summed E-state index contributed by atoms with van der Waals surface area (Å²) in [6.07, 6.45) is 0. The smallest absolute Gasteiger partial charge is 0.240 e. The van der Waals surface area contributed by atoms with Crippen molar-refractivity contribution in [1.29, 1.82) is 0 Å². The van der Waals surface area contributed by atoms with Crippen molar-refractivity contribution in [1.82, 2.24) is 9.62 Å². The van der Waals surface area contributed by atoms with Crippen molar-refractivity contribution < 1.29 is 17.9 Å². The number of benzene rings is 2. The number of rotatable bonds is 11. The summed E-state index contributed by atoms with van der Waals surface area (Å²) in [4.78, 5) is 2.40. The maximum Gasteiger partial charge on any atom is 0.240 e. The van der Waals surface area contributed by atoms with Gasteiger partial charge in [-0.3, -0.25) is 0 Å². The minimum atomic E-state index is -3.62. The normalized spacial score (nSPS) is 16.8. The Morgan fingerprint density at radius 3 is 2.47 bits per heavy atom. The van der Waals surface area contributed by atoms with Crippen LogP contribution < -0.4 is 10.5 Å². The lowest BCUT2D eigenvalue weighted by Gasteiger charge is -2.33. The van der Waals surface area contributed by atoms with Gasteiger partial charge >= 0.3 is 0 Å². The highest BCUT2D eigenvalue weighted by Gasteiger charge is 2.27. The van der Waals surface area contributed by atoms with E-state index in [1.807, 2.05) is 25.2 Å². The Morgan fingerprint density at radius 2 is 1.78 bits per heavy atom. The third-order valence-electron chi connectivity index (χ3n) is 5.26. The Balaban J connectivity index is 1.63. The highest BCUT2D eigenvalue weighted by atomic mass is 35.5. The van der Waals surface area contributed by atoms with Gasteiger partial charge in [0, 0.05) is 42.1 Å². The lowest BCUT2D eigenvalue weighted by Crippen LogP contribution is -2.31. The van der Waals surface area contributed by atoms with Crippen LogP contribution in [0.5, 0.6) is 0 Å². The number of hydrogen-bond acceptors (Lipinski definition) is 6. The molecule has 1 heterocycles. The monoisotopic (exact) mass is 501 g/mol. The van der Waals surface area contributed by atoms with Crippen LogP contribution >= 0.6 is 23.2 Å². The first-order chi connectivity index (χ1) is 15.3. The number of fused-ring (bicyclic) bond motifs is 1. The molecule has 3 rings (SSSR count). The molecule has 0 aliphatic carbocycles. The minimum absolute atomic E-state index is 0.0551. The van der Waals surface area contributed by atoms with Crippen LogP contribution in [0.3, 0.4) is 0 Å². The topological polar surface area (TPSA) is 93.9 Å². The summed E-state index contributed by atoms with van der Waals surface area (Å²) in [5, 5.41) is 1.25. The zero-order chi connectivity index (χ0) is 23.1. The summed E-state index contributed by atoms with van der Waals surface area (Å²) in [5.41, 5.74) is 8.48. The van der Waals surface area contributed by atoms with Gasteiger partial charge in [-0.25, -0.2) is 13.1 Å². The van der Waals surface area contributed by atoms with Crippen molar-refractivity contribution in [2.75, 3.05) is 53.1 Å². The second-order valence-electron chi connectivity index (χ2n) is 7.68. The van der Waals surface area contributed by atoms with E-state index in [-0.39, 0.29) is 24.0 Å². The Hall–Kier alpha value is -1.23. The van der Waals surface area contributed by atoms with Gasteiger partial charge < -0.3 is 20.1 Å². The molecule has 0 unspecified atom stereocenters. The number of nitrogens with one attached hydrogen (secondary N) is 1. The van der Waals surface area contributed by atoms with E-state index < -0.39 is 10.0 Å². The fourth-order valence-corrected chi connectivity index (χ4v) is 5.33. The van der Waals surface area contributed by atoms with Gasteiger partial charge in [-0.15, -0.1) is 0 Å². The first kappa shape index (κ1) is 25.4. The molecular formula is C22H29Cl2N3O4S. The summed E-state index contributed by atoms with van der Waals surface area (Å²) in [5.74, 6) is 0.0551. The fourth-order valence-electron chi connectivity index (χ4n) is 3.75. The molecule has 0 saturated carbocycles. The molecule has 7 nitrogen and oxygen atoms in total. The highest BCUT2D eigenvalue weighted by molar-refractivity contribution is 7.89. The molecule has 176 valence electrons. The molecule has 2 aromatic carbocycles. The van der Waals surface area contributed by atoms with Gasteiger partial charge in [-0.05, 0) is 48.0 Å². The molecule has 1 atom stereocenters. The molecule has 0 fully saturated rings. The van der Waals surface area contributed by atoms with Crippen molar-refractivity contribution in [2.45, 2.75) is 17.4 Å². The molecular weight excluding hydrogens is 473 g/mol. The molecule has 0 bridgehead atoms. The Bertz CT molecular complexity index is 1000. The molecule has 10 heteroatoms. The van der Waals surface area contributed by atoms with Gasteiger partial charge in [0.2, 0.25) is 10.0 Å². The second kappa shape index (κ2) is 11.8. The van der Waals surface area contributed by atoms with E-state index in [1.165, 1.54) is 0 Å². The minimum Gasteiger partial charge on any atom is -0.378 e. The largest absolute Gasteiger partial charge is 0.378 e. The second-order valence-corrected chi connectivity index (χ2v) is 10.3. The maximum atomic E-state index is 12.6. The maximum absolute atomic E-state index is 12.6. The van der Waals surface area contributed by atoms with Crippen LogP contribution in [-0.2, 0) is 26.0 Å². The van der Waals surface area contributed by atoms with Crippen molar-refractivity contribution in [2.24, 2.45) is 5.73 Å². The summed E-state index contributed by atoms with van der Waals surface area (Å²) in [7, 11) is -1.59. The summed E-state index contributed by atoms with van der Waals surface area (Å²) in [6, 6.07) is 10.7. The van der Waals surface area contributed by atoms with Crippen LogP contribution in [0, 0.1) is 0 Å². The van der Waals surface area contributed by atoms with Crippen molar-refractivity contribution in [3.63, 3.8) is 0 Å². The molecule has 0 spiro atoms. The number of likely N-dealkylation sites (N-methyl/N-ethyl adjacent to an activating group) is 1. The number of ether oxygens (including phenoxy) is 2. The van der Waals surface area contributed by atoms with Crippen molar-refractivity contribution in [3.05, 3.63) is 63.1 Å². The van der Waals surface area contributed by atoms with Crippen molar-refractivity contribution in [3.8, 4) is 0 Å². The predicted molar refractivity (Wildman–Crippen MR) is 127 cm³/mol. The average molecular weight is 502 g/mol. The van der Waals surface area contributed by atoms with Gasteiger partial charge in [0.25, 0.3) is 0 Å². The van der Waals surface area contributed by atoms with E-state index in [1.54, 1.807) is 18.2 Å². The van der Waals surface area contributed by atoms with E-state index in [2.05, 4.69) is 9.62 Å². The van der Waals surface area contributed by atoms with E-state index in [9.17, 15) is 8.42 Å². The van der Waals surface area contributed by atoms with Crippen LogP contribution in [0.25, 0.3) is 0 Å². The molecule has 0 radical (unpaired) electrons. The molecule has 0 aromatic heterocycles. The van der Waals surface area contributed by atoms with E-state index in [0.29, 0.717) is 36.4 Å². The first-order valence-electron chi connectivity index (χ1n) is 10.4. The molecule has 32 heavy (non-hydrogen) atoms. The number of nitrogens with two attached hydrogens (primary N) is 1. The highest BCUT2D eigenvalue weighted by Crippen LogP contribution is 2.38. The van der Waals surface area contributed by atoms with Crippen LogP contribution in [-0.4, -0.2) is 66.4 Å². The molecule has 1 aliphatic rings. The molecule has 1 aliphatic heterocycles. The third-order valence-corrected chi connectivity index (χ3v) is 7.29. The van der Waals surface area contributed by atoms with Crippen LogP contribution in [0.4, 0.5) is 0 Å². The van der Waals surface area contributed by atoms with Crippen LogP contribution in [0.1, 0.15) is 22.6 Å². The number of sulfonamides is 1. The van der Waals surface area contributed by atoms with E-state index >= 15 is 0 Å². The molecule has 2 aromatic rings. The third kappa shape index (κ3) is 6.65. The zero-order valence-corrected chi connectivity index (χ0v) is 20.3. The summed E-state index contributed by atoms with van der Waals surface area (Å²) in [6.45, 7) is 3.75. The molecule has 0 saturated heterocycles. The Morgan fingerprint density at radius 1 is 1.09 bits per heavy atom. The predicted octanol–water partition coefficient (Wildman–Crippen LogP) is 2.84. The van der Waals surface area contributed by atoms with Gasteiger partial charge in [0.05, 0.1) is 31.3 Å². The summed E-state index contributed by atoms with van der Waals surface area (Å²) >= 11 is 12.7. The van der Waals surface area contributed by atoms with Gasteiger partial charge in [0.15, 0.2) is 0 Å². The van der Waals surface area contributed by atoms with E-state index in [4.69, 9.17) is 38.4 Å². The number of hydrogen-bond donors (Lipinski definition) is 2. The van der Waals surface area contributed by atoms with Gasteiger partial charge in [-0.2, -0.15) is 0 Å².